The number of benzene rings is 2. The minimum Gasteiger partial charge on any atom is -0.379 e. The lowest BCUT2D eigenvalue weighted by atomic mass is 9.85. The Morgan fingerprint density at radius 1 is 0.714 bits per heavy atom. The van der Waals surface area contributed by atoms with E-state index >= 15 is 0 Å². The van der Waals surface area contributed by atoms with Crippen molar-refractivity contribution in [2.24, 2.45) is 0 Å². The smallest absolute Gasteiger partial charge is 0.224 e. The van der Waals surface area contributed by atoms with Crippen molar-refractivity contribution < 1.29 is 28.8 Å². The molecule has 49 heavy (non-hydrogen) atoms. The predicted octanol–water partition coefficient (Wildman–Crippen LogP) is 9.32. The zero-order chi connectivity index (χ0) is 35.0. The van der Waals surface area contributed by atoms with Gasteiger partial charge in [0, 0.05) is 26.4 Å². The molecule has 2 fully saturated rings. The summed E-state index contributed by atoms with van der Waals surface area (Å²) in [6, 6.07) is 17.6. The molecular weight excluding hydrogens is 653 g/mol. The van der Waals surface area contributed by atoms with Crippen molar-refractivity contribution in [3.05, 3.63) is 70.8 Å². The molecule has 0 amide bonds. The molecule has 2 aliphatic heterocycles. The fourth-order valence-electron chi connectivity index (χ4n) is 6.68. The maximum atomic E-state index is 13.6. The van der Waals surface area contributed by atoms with Crippen molar-refractivity contribution in [2.45, 2.75) is 140 Å². The Balaban J connectivity index is 1.85. The molecule has 2 aromatic rings. The second-order valence-corrected chi connectivity index (χ2v) is 16.4. The van der Waals surface area contributed by atoms with E-state index < -0.39 is 34.3 Å². The van der Waals surface area contributed by atoms with Crippen LogP contribution < -0.4 is 0 Å². The first kappa shape index (κ1) is 40.7. The lowest BCUT2D eigenvalue weighted by Crippen LogP contribution is -2.72. The summed E-state index contributed by atoms with van der Waals surface area (Å²) in [6.07, 6.45) is 8.43. The second-order valence-electron chi connectivity index (χ2n) is 13.5. The Morgan fingerprint density at radius 2 is 1.29 bits per heavy atom. The largest absolute Gasteiger partial charge is 0.379 e. The lowest BCUT2D eigenvalue weighted by Gasteiger charge is -2.58. The van der Waals surface area contributed by atoms with Crippen molar-refractivity contribution in [3.8, 4) is 0 Å². The molecule has 2 aromatic carbocycles. The fourth-order valence-corrected chi connectivity index (χ4v) is 10.3. The number of hydrogen-bond donors (Lipinski definition) is 1. The first-order valence-electron chi connectivity index (χ1n) is 19.2. The highest BCUT2D eigenvalue weighted by molar-refractivity contribution is 8.18. The average molecular weight is 717 g/mol. The van der Waals surface area contributed by atoms with Gasteiger partial charge < -0.3 is 28.8 Å². The molecule has 0 bridgehead atoms. The van der Waals surface area contributed by atoms with Gasteiger partial charge in [-0.05, 0) is 78.7 Å². The molecule has 0 spiro atoms. The summed E-state index contributed by atoms with van der Waals surface area (Å²) in [7, 11) is 0. The number of aryl methyl sites for hydroxylation is 1. The third-order valence-corrected chi connectivity index (χ3v) is 13.1. The van der Waals surface area contributed by atoms with Crippen molar-refractivity contribution in [2.75, 3.05) is 44.5 Å². The molecule has 0 radical (unpaired) electrons. The summed E-state index contributed by atoms with van der Waals surface area (Å²) < 4.78 is 32.9. The van der Waals surface area contributed by atoms with Crippen LogP contribution in [0.25, 0.3) is 0 Å². The Bertz CT molecular complexity index is 1190. The molecule has 2 aliphatic rings. The van der Waals surface area contributed by atoms with E-state index in [0.717, 1.165) is 87.7 Å². The van der Waals surface area contributed by atoms with Crippen LogP contribution in [0.1, 0.15) is 115 Å². The molecule has 6 nitrogen and oxygen atoms in total. The minimum atomic E-state index is -1.72. The third-order valence-electron chi connectivity index (χ3n) is 9.61. The van der Waals surface area contributed by atoms with Crippen LogP contribution in [0, 0.1) is 0 Å². The molecular formula is C41H64O6S2. The van der Waals surface area contributed by atoms with Gasteiger partial charge in [0.05, 0.1) is 6.61 Å². The van der Waals surface area contributed by atoms with Crippen LogP contribution in [0.15, 0.2) is 48.5 Å². The molecule has 2 heterocycles. The number of thioether (sulfide) groups is 2. The first-order chi connectivity index (χ1) is 24.0. The quantitative estimate of drug-likeness (QED) is 0.121. The van der Waals surface area contributed by atoms with E-state index in [1.54, 1.807) is 23.5 Å². The Kier molecular flexibility index (Phi) is 17.8. The molecule has 1 N–H and O–H groups in total. The van der Waals surface area contributed by atoms with Gasteiger partial charge in [-0.2, -0.15) is 0 Å². The van der Waals surface area contributed by atoms with Crippen LogP contribution in [0.2, 0.25) is 0 Å². The SMILES string of the molecule is CCCCOC[C@H]1O[C@@](O)(C2(c3ccccc3Cc3ccc(CC)cc3)SCCCS2)[C@H](OCCCC)[C@@H](OCCCC)[C@@H]1OCCCC. The van der Waals surface area contributed by atoms with Crippen molar-refractivity contribution in [3.63, 3.8) is 0 Å². The standard InChI is InChI=1S/C41H64O6S2/c1-6-11-24-43-31-36-37(44-25-12-7-2)38(45-26-13-8-3)39(46-27-14-9-4)40(42,47-36)41(48-28-17-29-49-41)35-19-16-15-18-34(35)30-33-22-20-32(10-5)21-23-33/h15-16,18-23,36-39,42H,6-14,17,24-31H2,1-5H3/t36-,37-,38+,39-,40-/m1/s1. The molecule has 2 saturated heterocycles. The topological polar surface area (TPSA) is 66.4 Å². The average Bonchev–Trinajstić information content (AvgIpc) is 3.13. The highest BCUT2D eigenvalue weighted by Gasteiger charge is 2.67. The highest BCUT2D eigenvalue weighted by Crippen LogP contribution is 2.61. The molecule has 8 heteroatoms. The normalized spacial score (nSPS) is 25.4. The summed E-state index contributed by atoms with van der Waals surface area (Å²) in [6.45, 7) is 13.5. The van der Waals surface area contributed by atoms with Crippen molar-refractivity contribution in [1.82, 2.24) is 0 Å². The fraction of sp³-hybridized carbons (Fsp3) is 0.707. The van der Waals surface area contributed by atoms with Gasteiger partial charge >= 0.3 is 0 Å². The molecule has 5 atom stereocenters. The third kappa shape index (κ3) is 10.5. The van der Waals surface area contributed by atoms with Gasteiger partial charge in [-0.25, -0.2) is 0 Å². The van der Waals surface area contributed by atoms with Crippen LogP contribution in [0.4, 0.5) is 0 Å². The molecule has 0 aromatic heterocycles. The van der Waals surface area contributed by atoms with Crippen molar-refractivity contribution in [1.29, 1.82) is 0 Å². The maximum absolute atomic E-state index is 13.6. The van der Waals surface area contributed by atoms with Gasteiger partial charge in [0.25, 0.3) is 0 Å². The van der Waals surface area contributed by atoms with Gasteiger partial charge in [0.1, 0.15) is 28.5 Å². The molecule has 0 saturated carbocycles. The first-order valence-corrected chi connectivity index (χ1v) is 21.2. The van der Waals surface area contributed by atoms with Crippen LogP contribution in [0.3, 0.4) is 0 Å². The summed E-state index contributed by atoms with van der Waals surface area (Å²) >= 11 is 3.60. The van der Waals surface area contributed by atoms with Crippen molar-refractivity contribution >= 4 is 23.5 Å². The van der Waals surface area contributed by atoms with Crippen LogP contribution in [-0.4, -0.2) is 79.8 Å². The van der Waals surface area contributed by atoms with E-state index in [4.69, 9.17) is 23.7 Å². The minimum absolute atomic E-state index is 0.325. The Labute approximate surface area is 306 Å². The van der Waals surface area contributed by atoms with E-state index in [1.807, 2.05) is 0 Å². The van der Waals surface area contributed by atoms with E-state index in [9.17, 15) is 5.11 Å². The van der Waals surface area contributed by atoms with E-state index in [1.165, 1.54) is 16.7 Å². The number of rotatable bonds is 22. The van der Waals surface area contributed by atoms with E-state index in [2.05, 4.69) is 83.1 Å². The number of ether oxygens (including phenoxy) is 5. The Hall–Kier alpha value is -1.10. The van der Waals surface area contributed by atoms with Gasteiger partial charge in [0.15, 0.2) is 0 Å². The highest BCUT2D eigenvalue weighted by atomic mass is 32.2. The predicted molar refractivity (Wildman–Crippen MR) is 206 cm³/mol. The van der Waals surface area contributed by atoms with Gasteiger partial charge in [-0.1, -0.05) is 109 Å². The summed E-state index contributed by atoms with van der Waals surface area (Å²) in [5, 5.41) is 13.6. The van der Waals surface area contributed by atoms with Crippen LogP contribution in [-0.2, 0) is 40.6 Å². The van der Waals surface area contributed by atoms with Gasteiger partial charge in [0.2, 0.25) is 5.79 Å². The monoisotopic (exact) mass is 716 g/mol. The number of unbranched alkanes of at least 4 members (excludes halogenated alkanes) is 4. The molecule has 0 unspecified atom stereocenters. The van der Waals surface area contributed by atoms with Crippen LogP contribution in [0.5, 0.6) is 0 Å². The summed E-state index contributed by atoms with van der Waals surface area (Å²) in [5.74, 6) is 0.101. The molecule has 0 aliphatic carbocycles. The zero-order valence-electron chi connectivity index (χ0n) is 31.0. The second kappa shape index (κ2) is 21.4. The summed E-state index contributed by atoms with van der Waals surface area (Å²) in [5.41, 5.74) is 4.88. The molecule has 276 valence electrons. The van der Waals surface area contributed by atoms with E-state index in [0.29, 0.717) is 33.0 Å². The Morgan fingerprint density at radius 3 is 1.92 bits per heavy atom. The van der Waals surface area contributed by atoms with Gasteiger partial charge in [-0.3, -0.25) is 0 Å². The maximum Gasteiger partial charge on any atom is 0.224 e. The summed E-state index contributed by atoms with van der Waals surface area (Å²) in [4.78, 5) is 0. The zero-order valence-corrected chi connectivity index (χ0v) is 32.6. The van der Waals surface area contributed by atoms with Crippen LogP contribution >= 0.6 is 23.5 Å². The number of hydrogen-bond acceptors (Lipinski definition) is 8. The number of aliphatic hydroxyl groups is 1. The lowest BCUT2D eigenvalue weighted by molar-refractivity contribution is -0.371. The van der Waals surface area contributed by atoms with Gasteiger partial charge in [-0.15, -0.1) is 23.5 Å². The molecule has 4 rings (SSSR count). The van der Waals surface area contributed by atoms with E-state index in [-0.39, 0.29) is 0 Å².